The Morgan fingerprint density at radius 1 is 1.00 bits per heavy atom. The lowest BCUT2D eigenvalue weighted by Crippen LogP contribution is -2.06. The number of benzene rings is 2. The minimum absolute atomic E-state index is 0.320. The van der Waals surface area contributed by atoms with E-state index in [1.807, 2.05) is 0 Å². The first-order valence-electron chi connectivity index (χ1n) is 5.92. The second-order valence-corrected chi connectivity index (χ2v) is 5.22. The van der Waals surface area contributed by atoms with Crippen LogP contribution in [0.25, 0.3) is 0 Å². The van der Waals surface area contributed by atoms with Gasteiger partial charge in [0.1, 0.15) is 0 Å². The molecule has 21 heavy (non-hydrogen) atoms. The van der Waals surface area contributed by atoms with Crippen LogP contribution in [0.15, 0.2) is 36.4 Å². The highest BCUT2D eigenvalue weighted by Gasteiger charge is 2.29. The zero-order valence-electron chi connectivity index (χ0n) is 10.6. The van der Waals surface area contributed by atoms with E-state index in [1.54, 1.807) is 6.07 Å². The number of rotatable bonds is 3. The van der Waals surface area contributed by atoms with E-state index in [2.05, 4.69) is 5.32 Å². The summed E-state index contributed by atoms with van der Waals surface area (Å²) in [4.78, 5) is 0. The molecule has 2 nitrogen and oxygen atoms in total. The summed E-state index contributed by atoms with van der Waals surface area (Å²) in [7, 11) is 0. The van der Waals surface area contributed by atoms with Gasteiger partial charge in [-0.05, 0) is 29.8 Å². The normalized spacial score (nSPS) is 11.5. The largest absolute Gasteiger partial charge is 0.416 e. The van der Waals surface area contributed by atoms with Crippen LogP contribution in [0, 0.1) is 0 Å². The Morgan fingerprint density at radius 2 is 1.57 bits per heavy atom. The maximum absolute atomic E-state index is 12.4. The second-order valence-electron chi connectivity index (χ2n) is 4.40. The van der Waals surface area contributed by atoms with E-state index in [4.69, 9.17) is 28.9 Å². The van der Waals surface area contributed by atoms with Gasteiger partial charge in [0.25, 0.3) is 0 Å². The molecule has 0 atom stereocenters. The molecule has 0 aliphatic heterocycles. The monoisotopic (exact) mass is 334 g/mol. The van der Waals surface area contributed by atoms with Crippen molar-refractivity contribution >= 4 is 34.6 Å². The Labute approximate surface area is 129 Å². The molecule has 3 N–H and O–H groups in total. The van der Waals surface area contributed by atoms with Crippen LogP contribution < -0.4 is 11.1 Å². The Bertz CT molecular complexity index is 640. The van der Waals surface area contributed by atoms with Gasteiger partial charge in [0.15, 0.2) is 0 Å². The van der Waals surface area contributed by atoms with Crippen molar-refractivity contribution in [1.82, 2.24) is 0 Å². The van der Waals surface area contributed by atoms with Crippen LogP contribution in [0.5, 0.6) is 0 Å². The van der Waals surface area contributed by atoms with Gasteiger partial charge in [-0.3, -0.25) is 0 Å². The van der Waals surface area contributed by atoms with Crippen molar-refractivity contribution in [3.8, 4) is 0 Å². The number of nitrogens with two attached hydrogens (primary N) is 1. The first kappa shape index (κ1) is 15.8. The standard InChI is InChI=1S/C14H11Cl2F3N2/c15-10-5-12(20)13(6-11(10)16)21-7-8-1-3-9(4-2-8)14(17,18)19/h1-6,21H,7,20H2. The molecule has 0 radical (unpaired) electrons. The minimum Gasteiger partial charge on any atom is -0.397 e. The van der Waals surface area contributed by atoms with E-state index < -0.39 is 11.7 Å². The number of alkyl halides is 3. The summed E-state index contributed by atoms with van der Waals surface area (Å²) in [6.07, 6.45) is -4.33. The third kappa shape index (κ3) is 3.95. The van der Waals surface area contributed by atoms with E-state index in [0.29, 0.717) is 33.5 Å². The third-order valence-electron chi connectivity index (χ3n) is 2.86. The molecule has 112 valence electrons. The van der Waals surface area contributed by atoms with Gasteiger partial charge in [0.05, 0.1) is 27.0 Å². The highest BCUT2D eigenvalue weighted by molar-refractivity contribution is 6.42. The van der Waals surface area contributed by atoms with E-state index in [9.17, 15) is 13.2 Å². The fourth-order valence-corrected chi connectivity index (χ4v) is 2.06. The summed E-state index contributed by atoms with van der Waals surface area (Å²) >= 11 is 11.7. The number of hydrogen-bond donors (Lipinski definition) is 2. The maximum atomic E-state index is 12.4. The number of anilines is 2. The van der Waals surface area contributed by atoms with Crippen molar-refractivity contribution < 1.29 is 13.2 Å². The van der Waals surface area contributed by atoms with Crippen molar-refractivity contribution in [3.63, 3.8) is 0 Å². The molecule has 0 bridgehead atoms. The summed E-state index contributed by atoms with van der Waals surface area (Å²) < 4.78 is 37.3. The van der Waals surface area contributed by atoms with Gasteiger partial charge in [-0.25, -0.2) is 0 Å². The summed E-state index contributed by atoms with van der Waals surface area (Å²) in [5.74, 6) is 0. The highest BCUT2D eigenvalue weighted by atomic mass is 35.5. The molecular weight excluding hydrogens is 324 g/mol. The minimum atomic E-state index is -4.33. The molecule has 0 unspecified atom stereocenters. The van der Waals surface area contributed by atoms with Crippen LogP contribution in [0.4, 0.5) is 24.5 Å². The van der Waals surface area contributed by atoms with Crippen LogP contribution >= 0.6 is 23.2 Å². The van der Waals surface area contributed by atoms with Gasteiger partial charge in [0, 0.05) is 6.54 Å². The zero-order valence-corrected chi connectivity index (χ0v) is 12.2. The number of nitrogen functional groups attached to an aromatic ring is 1. The zero-order chi connectivity index (χ0) is 15.6. The summed E-state index contributed by atoms with van der Waals surface area (Å²) in [6.45, 7) is 0.320. The Kier molecular flexibility index (Phi) is 4.54. The van der Waals surface area contributed by atoms with Gasteiger partial charge in [0.2, 0.25) is 0 Å². The van der Waals surface area contributed by atoms with E-state index in [0.717, 1.165) is 12.1 Å². The Morgan fingerprint density at radius 3 is 2.14 bits per heavy atom. The average Bonchev–Trinajstić information content (AvgIpc) is 2.41. The summed E-state index contributed by atoms with van der Waals surface area (Å²) in [6, 6.07) is 7.97. The SMILES string of the molecule is Nc1cc(Cl)c(Cl)cc1NCc1ccc(C(F)(F)F)cc1. The fraction of sp³-hybridized carbons (Fsp3) is 0.143. The quantitative estimate of drug-likeness (QED) is 0.756. The lowest BCUT2D eigenvalue weighted by molar-refractivity contribution is -0.137. The molecule has 0 aliphatic rings. The van der Waals surface area contributed by atoms with Crippen LogP contribution in [-0.2, 0) is 12.7 Å². The molecule has 0 saturated heterocycles. The molecule has 7 heteroatoms. The first-order valence-corrected chi connectivity index (χ1v) is 6.67. The van der Waals surface area contributed by atoms with Crippen molar-refractivity contribution in [3.05, 3.63) is 57.6 Å². The molecule has 0 aromatic heterocycles. The molecular formula is C14H11Cl2F3N2. The molecule has 2 aromatic carbocycles. The van der Waals surface area contributed by atoms with Crippen molar-refractivity contribution in [2.45, 2.75) is 12.7 Å². The highest BCUT2D eigenvalue weighted by Crippen LogP contribution is 2.31. The number of nitrogens with one attached hydrogen (secondary N) is 1. The van der Waals surface area contributed by atoms with Gasteiger partial charge in [-0.2, -0.15) is 13.2 Å². The molecule has 0 spiro atoms. The maximum Gasteiger partial charge on any atom is 0.416 e. The smallest absolute Gasteiger partial charge is 0.397 e. The van der Waals surface area contributed by atoms with Crippen LogP contribution in [-0.4, -0.2) is 0 Å². The lowest BCUT2D eigenvalue weighted by Gasteiger charge is -2.12. The predicted octanol–water partition coefficient (Wildman–Crippen LogP) is 5.21. The van der Waals surface area contributed by atoms with Crippen LogP contribution in [0.3, 0.4) is 0 Å². The molecule has 0 aliphatic carbocycles. The van der Waals surface area contributed by atoms with E-state index in [1.165, 1.54) is 18.2 Å². The van der Waals surface area contributed by atoms with E-state index in [-0.39, 0.29) is 0 Å². The first-order chi connectivity index (χ1) is 9.77. The number of halogens is 5. The second kappa shape index (κ2) is 6.03. The van der Waals surface area contributed by atoms with Crippen LogP contribution in [0.1, 0.15) is 11.1 Å². The third-order valence-corrected chi connectivity index (χ3v) is 3.58. The number of hydrogen-bond acceptors (Lipinski definition) is 2. The van der Waals surface area contributed by atoms with Crippen molar-refractivity contribution in [2.75, 3.05) is 11.1 Å². The van der Waals surface area contributed by atoms with Gasteiger partial charge in [-0.15, -0.1) is 0 Å². The Balaban J connectivity index is 2.08. The molecule has 0 saturated carbocycles. The lowest BCUT2D eigenvalue weighted by atomic mass is 10.1. The predicted molar refractivity (Wildman–Crippen MR) is 79.6 cm³/mol. The molecule has 0 heterocycles. The summed E-state index contributed by atoms with van der Waals surface area (Å²) in [5, 5.41) is 3.70. The fourth-order valence-electron chi connectivity index (χ4n) is 1.72. The van der Waals surface area contributed by atoms with Gasteiger partial charge >= 0.3 is 6.18 Å². The Hall–Kier alpha value is -1.59. The van der Waals surface area contributed by atoms with Gasteiger partial charge < -0.3 is 11.1 Å². The molecule has 2 aromatic rings. The molecule has 0 amide bonds. The van der Waals surface area contributed by atoms with Crippen LogP contribution in [0.2, 0.25) is 10.0 Å². The molecule has 2 rings (SSSR count). The van der Waals surface area contributed by atoms with Gasteiger partial charge in [-0.1, -0.05) is 35.3 Å². The van der Waals surface area contributed by atoms with Crippen molar-refractivity contribution in [1.29, 1.82) is 0 Å². The topological polar surface area (TPSA) is 38.0 Å². The van der Waals surface area contributed by atoms with E-state index >= 15 is 0 Å². The average molecular weight is 335 g/mol. The molecule has 0 fully saturated rings. The van der Waals surface area contributed by atoms with Crippen molar-refractivity contribution in [2.24, 2.45) is 0 Å². The summed E-state index contributed by atoms with van der Waals surface area (Å²) in [5.41, 5.74) is 6.78.